The largest absolute Gasteiger partial charge is 0.493 e. The molecule has 2 rings (SSSR count). The van der Waals surface area contributed by atoms with Crippen LogP contribution in [0.25, 0.3) is 0 Å². The second-order valence-corrected chi connectivity index (χ2v) is 4.67. The number of rotatable bonds is 6. The molecule has 0 atom stereocenters. The van der Waals surface area contributed by atoms with Crippen molar-refractivity contribution in [3.8, 4) is 11.5 Å². The summed E-state index contributed by atoms with van der Waals surface area (Å²) in [5.41, 5.74) is 0.219. The Hall–Kier alpha value is -3.09. The normalized spacial score (nSPS) is 9.96. The molecule has 24 heavy (non-hydrogen) atoms. The standard InChI is InChI=1S/C17H16FNO5/c1-22-14-8-7-11(9-15(14)23-2)17(21)24-10-16(20)19-13-6-4-3-5-12(13)18/h3-9H,10H2,1-2H3,(H,19,20). The SMILES string of the molecule is COc1ccc(C(=O)OCC(=O)Nc2ccccc2F)cc1OC. The van der Waals surface area contributed by atoms with Gasteiger partial charge >= 0.3 is 5.97 Å². The summed E-state index contributed by atoms with van der Waals surface area (Å²) < 4.78 is 28.5. The van der Waals surface area contributed by atoms with E-state index in [0.29, 0.717) is 11.5 Å². The van der Waals surface area contributed by atoms with Gasteiger partial charge in [0.15, 0.2) is 18.1 Å². The molecule has 0 aliphatic carbocycles. The predicted molar refractivity (Wildman–Crippen MR) is 84.9 cm³/mol. The fourth-order valence-corrected chi connectivity index (χ4v) is 1.93. The zero-order valence-electron chi connectivity index (χ0n) is 13.2. The van der Waals surface area contributed by atoms with E-state index >= 15 is 0 Å². The molecule has 0 aliphatic heterocycles. The summed E-state index contributed by atoms with van der Waals surface area (Å²) in [5, 5.41) is 2.32. The second-order valence-electron chi connectivity index (χ2n) is 4.67. The Morgan fingerprint density at radius 2 is 1.75 bits per heavy atom. The van der Waals surface area contributed by atoms with Gasteiger partial charge in [-0.2, -0.15) is 0 Å². The number of para-hydroxylation sites is 1. The number of ether oxygens (including phenoxy) is 3. The lowest BCUT2D eigenvalue weighted by molar-refractivity contribution is -0.119. The molecule has 2 aromatic rings. The summed E-state index contributed by atoms with van der Waals surface area (Å²) >= 11 is 0. The number of esters is 1. The lowest BCUT2D eigenvalue weighted by Crippen LogP contribution is -2.21. The molecule has 0 aliphatic rings. The van der Waals surface area contributed by atoms with Gasteiger partial charge in [-0.25, -0.2) is 9.18 Å². The van der Waals surface area contributed by atoms with E-state index in [1.165, 1.54) is 44.6 Å². The van der Waals surface area contributed by atoms with Crippen molar-refractivity contribution in [1.29, 1.82) is 0 Å². The maximum absolute atomic E-state index is 13.4. The first-order valence-electron chi connectivity index (χ1n) is 6.98. The molecule has 7 heteroatoms. The van der Waals surface area contributed by atoms with Crippen LogP contribution in [0.4, 0.5) is 10.1 Å². The van der Waals surface area contributed by atoms with Crippen LogP contribution in [0, 0.1) is 5.82 Å². The minimum Gasteiger partial charge on any atom is -0.493 e. The van der Waals surface area contributed by atoms with Crippen LogP contribution in [0.2, 0.25) is 0 Å². The first-order chi connectivity index (χ1) is 11.5. The molecule has 1 N–H and O–H groups in total. The molecule has 2 aromatic carbocycles. The molecule has 0 unspecified atom stereocenters. The Bertz CT molecular complexity index is 748. The lowest BCUT2D eigenvalue weighted by atomic mass is 10.2. The maximum atomic E-state index is 13.4. The Kier molecular flexibility index (Phi) is 5.73. The van der Waals surface area contributed by atoms with Crippen LogP contribution in [0.3, 0.4) is 0 Å². The van der Waals surface area contributed by atoms with Gasteiger partial charge in [0.2, 0.25) is 0 Å². The second kappa shape index (κ2) is 7.96. The van der Waals surface area contributed by atoms with E-state index in [4.69, 9.17) is 14.2 Å². The summed E-state index contributed by atoms with van der Waals surface area (Å²) in [6, 6.07) is 10.2. The molecule has 0 bridgehead atoms. The van der Waals surface area contributed by atoms with Crippen molar-refractivity contribution in [2.75, 3.05) is 26.1 Å². The Labute approximate surface area is 138 Å². The number of benzene rings is 2. The molecule has 0 saturated carbocycles. The predicted octanol–water partition coefficient (Wildman–Crippen LogP) is 2.64. The summed E-state index contributed by atoms with van der Waals surface area (Å²) in [4.78, 5) is 23.7. The number of anilines is 1. The molecule has 0 spiro atoms. The highest BCUT2D eigenvalue weighted by atomic mass is 19.1. The minimum absolute atomic E-state index is 0.0182. The fourth-order valence-electron chi connectivity index (χ4n) is 1.93. The van der Waals surface area contributed by atoms with Crippen LogP contribution < -0.4 is 14.8 Å². The highest BCUT2D eigenvalue weighted by Gasteiger charge is 2.14. The molecule has 6 nitrogen and oxygen atoms in total. The lowest BCUT2D eigenvalue weighted by Gasteiger charge is -2.10. The van der Waals surface area contributed by atoms with Crippen molar-refractivity contribution in [3.63, 3.8) is 0 Å². The number of carbonyl (C=O) groups excluding carboxylic acids is 2. The average molecular weight is 333 g/mol. The summed E-state index contributed by atoms with van der Waals surface area (Å²) in [6.07, 6.45) is 0. The number of hydrogen-bond acceptors (Lipinski definition) is 5. The Balaban J connectivity index is 1.95. The summed E-state index contributed by atoms with van der Waals surface area (Å²) in [7, 11) is 2.91. The van der Waals surface area contributed by atoms with E-state index in [2.05, 4.69) is 5.32 Å². The van der Waals surface area contributed by atoms with E-state index in [9.17, 15) is 14.0 Å². The van der Waals surface area contributed by atoms with Crippen molar-refractivity contribution in [2.45, 2.75) is 0 Å². The van der Waals surface area contributed by atoms with Gasteiger partial charge in [0.25, 0.3) is 5.91 Å². The molecule has 0 aromatic heterocycles. The zero-order chi connectivity index (χ0) is 17.5. The van der Waals surface area contributed by atoms with Crippen LogP contribution in [0.15, 0.2) is 42.5 Å². The molecule has 1 amide bonds. The van der Waals surface area contributed by atoms with E-state index in [0.717, 1.165) is 0 Å². The first kappa shape index (κ1) is 17.3. The van der Waals surface area contributed by atoms with Crippen LogP contribution in [-0.2, 0) is 9.53 Å². The van der Waals surface area contributed by atoms with Crippen LogP contribution >= 0.6 is 0 Å². The smallest absolute Gasteiger partial charge is 0.338 e. The molecule has 0 saturated heterocycles. The molecule has 126 valence electrons. The minimum atomic E-state index is -0.709. The highest BCUT2D eigenvalue weighted by molar-refractivity contribution is 5.95. The van der Waals surface area contributed by atoms with Gasteiger partial charge in [-0.05, 0) is 30.3 Å². The number of hydrogen-bond donors (Lipinski definition) is 1. The van der Waals surface area contributed by atoms with Gasteiger partial charge in [-0.1, -0.05) is 12.1 Å². The van der Waals surface area contributed by atoms with Crippen molar-refractivity contribution in [2.24, 2.45) is 0 Å². The Morgan fingerprint density at radius 3 is 2.42 bits per heavy atom. The number of amides is 1. The van der Waals surface area contributed by atoms with Crippen LogP contribution in [0.1, 0.15) is 10.4 Å². The van der Waals surface area contributed by atoms with Gasteiger partial charge in [-0.15, -0.1) is 0 Å². The monoisotopic (exact) mass is 333 g/mol. The van der Waals surface area contributed by atoms with E-state index < -0.39 is 24.3 Å². The summed E-state index contributed by atoms with van der Waals surface area (Å²) in [6.45, 7) is -0.540. The van der Waals surface area contributed by atoms with Gasteiger partial charge in [-0.3, -0.25) is 4.79 Å². The number of halogens is 1. The quantitative estimate of drug-likeness (QED) is 0.823. The third kappa shape index (κ3) is 4.22. The Morgan fingerprint density at radius 1 is 1.04 bits per heavy atom. The van der Waals surface area contributed by atoms with E-state index in [1.54, 1.807) is 12.1 Å². The topological polar surface area (TPSA) is 73.9 Å². The molecular weight excluding hydrogens is 317 g/mol. The van der Waals surface area contributed by atoms with Crippen molar-refractivity contribution in [3.05, 3.63) is 53.8 Å². The van der Waals surface area contributed by atoms with Crippen molar-refractivity contribution >= 4 is 17.6 Å². The molecule has 0 fully saturated rings. The molecular formula is C17H16FNO5. The summed E-state index contributed by atoms with van der Waals surface area (Å²) in [5.74, 6) is -1.10. The first-order valence-corrected chi connectivity index (χ1v) is 6.98. The zero-order valence-corrected chi connectivity index (χ0v) is 13.2. The number of nitrogens with one attached hydrogen (secondary N) is 1. The van der Waals surface area contributed by atoms with Crippen LogP contribution in [-0.4, -0.2) is 32.7 Å². The number of methoxy groups -OCH3 is 2. The van der Waals surface area contributed by atoms with Gasteiger partial charge < -0.3 is 19.5 Å². The van der Waals surface area contributed by atoms with Crippen molar-refractivity contribution < 1.29 is 28.2 Å². The third-order valence-electron chi connectivity index (χ3n) is 3.10. The fraction of sp³-hybridized carbons (Fsp3) is 0.176. The van der Waals surface area contributed by atoms with E-state index in [1.807, 2.05) is 0 Å². The average Bonchev–Trinajstić information content (AvgIpc) is 2.61. The third-order valence-corrected chi connectivity index (χ3v) is 3.10. The van der Waals surface area contributed by atoms with Crippen molar-refractivity contribution in [1.82, 2.24) is 0 Å². The van der Waals surface area contributed by atoms with Crippen LogP contribution in [0.5, 0.6) is 11.5 Å². The molecule has 0 radical (unpaired) electrons. The van der Waals surface area contributed by atoms with Gasteiger partial charge in [0.1, 0.15) is 5.82 Å². The van der Waals surface area contributed by atoms with Gasteiger partial charge in [0, 0.05) is 0 Å². The maximum Gasteiger partial charge on any atom is 0.338 e. The number of carbonyl (C=O) groups is 2. The van der Waals surface area contributed by atoms with E-state index in [-0.39, 0.29) is 11.3 Å². The van der Waals surface area contributed by atoms with Gasteiger partial charge in [0.05, 0.1) is 25.5 Å². The highest BCUT2D eigenvalue weighted by Crippen LogP contribution is 2.27. The molecule has 0 heterocycles.